The number of benzene rings is 1. The molecule has 1 heteroatoms. The maximum absolute atomic E-state index is 4.37. The molecule has 0 saturated carbocycles. The minimum atomic E-state index is 0.234. The summed E-state index contributed by atoms with van der Waals surface area (Å²) < 4.78 is 0. The van der Waals surface area contributed by atoms with Crippen LogP contribution in [0.5, 0.6) is 0 Å². The standard InChI is InChI=1S/C13H17N/c1-13(2,3)12-6-4-5-10-7-8-14-9-11(10)12/h4-6,8H,7,9H2,1-3H3. The summed E-state index contributed by atoms with van der Waals surface area (Å²) >= 11 is 0. The van der Waals surface area contributed by atoms with Gasteiger partial charge in [-0.15, -0.1) is 0 Å². The van der Waals surface area contributed by atoms with Crippen LogP contribution in [-0.4, -0.2) is 6.21 Å². The molecule has 0 atom stereocenters. The molecule has 0 N–H and O–H groups in total. The van der Waals surface area contributed by atoms with Gasteiger partial charge in [0.15, 0.2) is 0 Å². The van der Waals surface area contributed by atoms with Crippen LogP contribution in [0.4, 0.5) is 0 Å². The molecule has 0 aliphatic carbocycles. The Morgan fingerprint density at radius 1 is 1.21 bits per heavy atom. The highest BCUT2D eigenvalue weighted by Gasteiger charge is 2.20. The fourth-order valence-electron chi connectivity index (χ4n) is 2.03. The molecule has 0 bridgehead atoms. The molecule has 1 heterocycles. The zero-order valence-electron chi connectivity index (χ0n) is 9.17. The van der Waals surface area contributed by atoms with E-state index in [0.29, 0.717) is 0 Å². The van der Waals surface area contributed by atoms with E-state index < -0.39 is 0 Å². The summed E-state index contributed by atoms with van der Waals surface area (Å²) in [6.07, 6.45) is 3.02. The van der Waals surface area contributed by atoms with E-state index in [1.807, 2.05) is 6.21 Å². The Hall–Kier alpha value is -1.11. The lowest BCUT2D eigenvalue weighted by Crippen LogP contribution is -2.16. The van der Waals surface area contributed by atoms with Crippen LogP contribution >= 0.6 is 0 Å². The summed E-state index contributed by atoms with van der Waals surface area (Å²) in [6, 6.07) is 6.62. The third-order valence-corrected chi connectivity index (χ3v) is 2.77. The summed E-state index contributed by atoms with van der Waals surface area (Å²) in [7, 11) is 0. The van der Waals surface area contributed by atoms with E-state index in [1.165, 1.54) is 16.7 Å². The fraction of sp³-hybridized carbons (Fsp3) is 0.462. The van der Waals surface area contributed by atoms with Crippen molar-refractivity contribution in [1.29, 1.82) is 0 Å². The first-order valence-corrected chi connectivity index (χ1v) is 5.18. The second-order valence-electron chi connectivity index (χ2n) is 4.92. The van der Waals surface area contributed by atoms with Crippen molar-refractivity contribution in [3.05, 3.63) is 34.9 Å². The first kappa shape index (κ1) is 9.45. The molecule has 1 aliphatic rings. The summed E-state index contributed by atoms with van der Waals surface area (Å²) in [6.45, 7) is 7.66. The third kappa shape index (κ3) is 1.59. The van der Waals surface area contributed by atoms with Crippen molar-refractivity contribution in [3.8, 4) is 0 Å². The first-order valence-electron chi connectivity index (χ1n) is 5.18. The molecule has 0 saturated heterocycles. The zero-order chi connectivity index (χ0) is 10.2. The normalized spacial score (nSPS) is 15.4. The lowest BCUT2D eigenvalue weighted by molar-refractivity contribution is 0.581. The molecule has 0 unspecified atom stereocenters. The third-order valence-electron chi connectivity index (χ3n) is 2.77. The minimum absolute atomic E-state index is 0.234. The average molecular weight is 187 g/mol. The van der Waals surface area contributed by atoms with Crippen molar-refractivity contribution in [2.75, 3.05) is 0 Å². The van der Waals surface area contributed by atoms with Gasteiger partial charge in [-0.3, -0.25) is 4.99 Å². The topological polar surface area (TPSA) is 12.4 Å². The van der Waals surface area contributed by atoms with E-state index in [9.17, 15) is 0 Å². The first-order chi connectivity index (χ1) is 6.59. The quantitative estimate of drug-likeness (QED) is 0.591. The van der Waals surface area contributed by atoms with Crippen LogP contribution in [0.3, 0.4) is 0 Å². The molecule has 1 aliphatic heterocycles. The SMILES string of the molecule is CC(C)(C)c1cccc2c1CN=CC2. The predicted octanol–water partition coefficient (Wildman–Crippen LogP) is 3.11. The molecule has 2 rings (SSSR count). The number of nitrogens with zero attached hydrogens (tertiary/aromatic N) is 1. The lowest BCUT2D eigenvalue weighted by Gasteiger charge is -2.25. The van der Waals surface area contributed by atoms with Gasteiger partial charge >= 0.3 is 0 Å². The van der Waals surface area contributed by atoms with E-state index in [2.05, 4.69) is 44.0 Å². The Labute approximate surface area is 85.9 Å². The van der Waals surface area contributed by atoms with Crippen LogP contribution in [0, 0.1) is 0 Å². The molecule has 0 aromatic heterocycles. The van der Waals surface area contributed by atoms with Gasteiger partial charge in [-0.1, -0.05) is 39.0 Å². The Kier molecular flexibility index (Phi) is 2.18. The van der Waals surface area contributed by atoms with Crippen LogP contribution in [0.1, 0.15) is 37.5 Å². The largest absolute Gasteiger partial charge is 0.292 e. The molecule has 0 radical (unpaired) electrons. The Morgan fingerprint density at radius 2 is 2.00 bits per heavy atom. The Balaban J connectivity index is 2.54. The molecule has 1 nitrogen and oxygen atoms in total. The van der Waals surface area contributed by atoms with E-state index in [4.69, 9.17) is 0 Å². The Bertz CT molecular complexity index is 369. The second kappa shape index (κ2) is 3.23. The fourth-order valence-corrected chi connectivity index (χ4v) is 2.03. The molecule has 1 aromatic rings. The van der Waals surface area contributed by atoms with Gasteiger partial charge in [0.1, 0.15) is 0 Å². The summed E-state index contributed by atoms with van der Waals surface area (Å²) in [4.78, 5) is 4.37. The second-order valence-corrected chi connectivity index (χ2v) is 4.92. The van der Waals surface area contributed by atoms with E-state index in [-0.39, 0.29) is 5.41 Å². The van der Waals surface area contributed by atoms with Gasteiger partial charge in [0, 0.05) is 12.6 Å². The molecule has 1 aromatic carbocycles. The predicted molar refractivity (Wildman–Crippen MR) is 61.0 cm³/mol. The van der Waals surface area contributed by atoms with Gasteiger partial charge in [0.05, 0.1) is 6.54 Å². The average Bonchev–Trinajstić information content (AvgIpc) is 2.15. The highest BCUT2D eigenvalue weighted by molar-refractivity contribution is 5.65. The zero-order valence-corrected chi connectivity index (χ0v) is 9.17. The maximum atomic E-state index is 4.37. The summed E-state index contributed by atoms with van der Waals surface area (Å²) in [5.41, 5.74) is 4.58. The van der Waals surface area contributed by atoms with E-state index >= 15 is 0 Å². The van der Waals surface area contributed by atoms with Gasteiger partial charge in [-0.25, -0.2) is 0 Å². The van der Waals surface area contributed by atoms with Crippen molar-refractivity contribution in [3.63, 3.8) is 0 Å². The number of hydrogen-bond acceptors (Lipinski definition) is 1. The van der Waals surface area contributed by atoms with Crippen molar-refractivity contribution in [2.24, 2.45) is 4.99 Å². The number of fused-ring (bicyclic) bond motifs is 1. The highest BCUT2D eigenvalue weighted by Crippen LogP contribution is 2.29. The molecular weight excluding hydrogens is 170 g/mol. The molecule has 0 fully saturated rings. The van der Waals surface area contributed by atoms with Crippen LogP contribution in [0.2, 0.25) is 0 Å². The summed E-state index contributed by atoms with van der Waals surface area (Å²) in [5.74, 6) is 0. The lowest BCUT2D eigenvalue weighted by atomic mass is 9.81. The molecule has 74 valence electrons. The molecule has 0 spiro atoms. The van der Waals surface area contributed by atoms with Gasteiger partial charge in [-0.2, -0.15) is 0 Å². The van der Waals surface area contributed by atoms with Crippen molar-refractivity contribution in [2.45, 2.75) is 39.2 Å². The van der Waals surface area contributed by atoms with Crippen LogP contribution in [0.15, 0.2) is 23.2 Å². The minimum Gasteiger partial charge on any atom is -0.292 e. The highest BCUT2D eigenvalue weighted by atomic mass is 14.7. The van der Waals surface area contributed by atoms with Crippen molar-refractivity contribution in [1.82, 2.24) is 0 Å². The smallest absolute Gasteiger partial charge is 0.0641 e. The van der Waals surface area contributed by atoms with Gasteiger partial charge < -0.3 is 0 Å². The van der Waals surface area contributed by atoms with Crippen molar-refractivity contribution < 1.29 is 0 Å². The van der Waals surface area contributed by atoms with Crippen LogP contribution in [-0.2, 0) is 18.4 Å². The maximum Gasteiger partial charge on any atom is 0.0641 e. The van der Waals surface area contributed by atoms with Gasteiger partial charge in [-0.05, 0) is 22.1 Å². The van der Waals surface area contributed by atoms with E-state index in [0.717, 1.165) is 13.0 Å². The number of hydrogen-bond donors (Lipinski definition) is 0. The summed E-state index contributed by atoms with van der Waals surface area (Å²) in [5, 5.41) is 0. The van der Waals surface area contributed by atoms with E-state index in [1.54, 1.807) is 0 Å². The van der Waals surface area contributed by atoms with Crippen molar-refractivity contribution >= 4 is 6.21 Å². The molecule has 0 amide bonds. The number of rotatable bonds is 0. The Morgan fingerprint density at radius 3 is 2.71 bits per heavy atom. The molecular formula is C13H17N. The van der Waals surface area contributed by atoms with Crippen LogP contribution in [0.25, 0.3) is 0 Å². The monoisotopic (exact) mass is 187 g/mol. The molecule has 14 heavy (non-hydrogen) atoms. The van der Waals surface area contributed by atoms with Crippen LogP contribution < -0.4 is 0 Å². The van der Waals surface area contributed by atoms with Gasteiger partial charge in [0.2, 0.25) is 0 Å². The van der Waals surface area contributed by atoms with Gasteiger partial charge in [0.25, 0.3) is 0 Å². The number of aliphatic imine (C=N–C) groups is 1.